The van der Waals surface area contributed by atoms with Gasteiger partial charge in [0.25, 0.3) is 0 Å². The van der Waals surface area contributed by atoms with Crippen LogP contribution in [-0.4, -0.2) is 7.85 Å². The number of benzene rings is 1. The van der Waals surface area contributed by atoms with Crippen LogP contribution in [0.4, 0.5) is 0 Å². The van der Waals surface area contributed by atoms with Crippen molar-refractivity contribution in [3.63, 3.8) is 0 Å². The Morgan fingerprint density at radius 3 is 2.22 bits per heavy atom. The minimum atomic E-state index is 0.819. The Bertz CT molecular complexity index is 181. The highest BCUT2D eigenvalue weighted by Gasteiger charge is 1.85. The van der Waals surface area contributed by atoms with Crippen molar-refractivity contribution in [2.75, 3.05) is 0 Å². The SMILES string of the molecule is [B]c1ccc(CBr)cc1. The summed E-state index contributed by atoms with van der Waals surface area (Å²) in [6, 6.07) is 7.81. The molecule has 0 N–H and O–H groups in total. The zero-order valence-corrected chi connectivity index (χ0v) is 6.56. The van der Waals surface area contributed by atoms with Gasteiger partial charge in [-0.25, -0.2) is 0 Å². The Hall–Kier alpha value is -0.235. The maximum atomic E-state index is 5.47. The predicted molar refractivity (Wildman–Crippen MR) is 44.5 cm³/mol. The number of hydrogen-bond donors (Lipinski definition) is 0. The zero-order valence-electron chi connectivity index (χ0n) is 4.97. The Labute approximate surface area is 64.8 Å². The summed E-state index contributed by atoms with van der Waals surface area (Å²) in [6.45, 7) is 0. The van der Waals surface area contributed by atoms with Crippen LogP contribution in [0.3, 0.4) is 0 Å². The van der Waals surface area contributed by atoms with E-state index in [1.54, 1.807) is 0 Å². The molecule has 0 aromatic heterocycles. The molecule has 0 bridgehead atoms. The van der Waals surface area contributed by atoms with Gasteiger partial charge in [-0.15, -0.1) is 0 Å². The van der Waals surface area contributed by atoms with Crippen molar-refractivity contribution in [2.24, 2.45) is 0 Å². The molecule has 9 heavy (non-hydrogen) atoms. The first-order valence-electron chi connectivity index (χ1n) is 2.73. The molecule has 1 rings (SSSR count). The summed E-state index contributed by atoms with van der Waals surface area (Å²) < 4.78 is 0. The first-order valence-corrected chi connectivity index (χ1v) is 3.85. The molecule has 0 aliphatic heterocycles. The number of alkyl halides is 1. The van der Waals surface area contributed by atoms with Crippen molar-refractivity contribution >= 4 is 29.2 Å². The van der Waals surface area contributed by atoms with Gasteiger partial charge in [0, 0.05) is 5.33 Å². The normalized spacial score (nSPS) is 9.44. The molecule has 2 radical (unpaired) electrons. The quantitative estimate of drug-likeness (QED) is 0.453. The van der Waals surface area contributed by atoms with Gasteiger partial charge in [-0.3, -0.25) is 0 Å². The molecular weight excluding hydrogens is 175 g/mol. The molecule has 0 saturated carbocycles. The van der Waals surface area contributed by atoms with E-state index < -0.39 is 0 Å². The van der Waals surface area contributed by atoms with Crippen molar-refractivity contribution in [3.05, 3.63) is 29.8 Å². The second kappa shape index (κ2) is 3.07. The summed E-state index contributed by atoms with van der Waals surface area (Å²) in [5, 5.41) is 0.896. The van der Waals surface area contributed by atoms with E-state index in [2.05, 4.69) is 15.9 Å². The van der Waals surface area contributed by atoms with Gasteiger partial charge in [0.2, 0.25) is 0 Å². The summed E-state index contributed by atoms with van der Waals surface area (Å²) in [7, 11) is 5.47. The molecule has 1 aromatic rings. The summed E-state index contributed by atoms with van der Waals surface area (Å²) >= 11 is 3.34. The van der Waals surface area contributed by atoms with Crippen LogP contribution in [0.5, 0.6) is 0 Å². The fraction of sp³-hybridized carbons (Fsp3) is 0.143. The molecular formula is C7H6BBr. The van der Waals surface area contributed by atoms with Crippen LogP contribution in [0, 0.1) is 0 Å². The van der Waals surface area contributed by atoms with Crippen molar-refractivity contribution < 1.29 is 0 Å². The van der Waals surface area contributed by atoms with Crippen LogP contribution >= 0.6 is 15.9 Å². The third kappa shape index (κ3) is 1.86. The highest BCUT2D eigenvalue weighted by molar-refractivity contribution is 9.08. The zero-order chi connectivity index (χ0) is 6.69. The first-order chi connectivity index (χ1) is 4.33. The van der Waals surface area contributed by atoms with Crippen molar-refractivity contribution in [3.8, 4) is 0 Å². The fourth-order valence-electron chi connectivity index (χ4n) is 0.607. The Kier molecular flexibility index (Phi) is 2.34. The minimum Gasteiger partial charge on any atom is -0.0967 e. The summed E-state index contributed by atoms with van der Waals surface area (Å²) in [6.07, 6.45) is 0. The molecule has 0 saturated heterocycles. The van der Waals surface area contributed by atoms with E-state index in [-0.39, 0.29) is 0 Å². The molecule has 0 atom stereocenters. The highest BCUT2D eigenvalue weighted by atomic mass is 79.9. The molecule has 0 heterocycles. The average molecular weight is 181 g/mol. The van der Waals surface area contributed by atoms with Crippen LogP contribution in [0.1, 0.15) is 5.56 Å². The fourth-order valence-corrected chi connectivity index (χ4v) is 0.981. The van der Waals surface area contributed by atoms with Crippen LogP contribution in [0.2, 0.25) is 0 Å². The molecule has 0 nitrogen and oxygen atoms in total. The van der Waals surface area contributed by atoms with Gasteiger partial charge in [0.05, 0.1) is 0 Å². The van der Waals surface area contributed by atoms with Crippen molar-refractivity contribution in [1.29, 1.82) is 0 Å². The van der Waals surface area contributed by atoms with E-state index in [1.165, 1.54) is 5.56 Å². The lowest BCUT2D eigenvalue weighted by molar-refractivity contribution is 1.45. The molecule has 2 heteroatoms. The molecule has 44 valence electrons. The van der Waals surface area contributed by atoms with E-state index in [0.29, 0.717) is 0 Å². The van der Waals surface area contributed by atoms with Gasteiger partial charge in [-0.2, -0.15) is 0 Å². The van der Waals surface area contributed by atoms with Gasteiger partial charge in [-0.1, -0.05) is 45.7 Å². The lowest BCUT2D eigenvalue weighted by Gasteiger charge is -1.93. The molecule has 1 aromatic carbocycles. The van der Waals surface area contributed by atoms with E-state index in [1.807, 2.05) is 24.3 Å². The maximum absolute atomic E-state index is 5.47. The van der Waals surface area contributed by atoms with Crippen LogP contribution in [0.25, 0.3) is 0 Å². The highest BCUT2D eigenvalue weighted by Crippen LogP contribution is 2.01. The third-order valence-electron chi connectivity index (χ3n) is 1.13. The number of hydrogen-bond acceptors (Lipinski definition) is 0. The summed E-state index contributed by atoms with van der Waals surface area (Å²) in [4.78, 5) is 0. The molecule has 0 aliphatic rings. The van der Waals surface area contributed by atoms with Crippen LogP contribution in [-0.2, 0) is 5.33 Å². The molecule has 0 aliphatic carbocycles. The van der Waals surface area contributed by atoms with Gasteiger partial charge in [0.15, 0.2) is 0 Å². The van der Waals surface area contributed by atoms with E-state index in [4.69, 9.17) is 7.85 Å². The van der Waals surface area contributed by atoms with Gasteiger partial charge in [-0.05, 0) is 5.56 Å². The van der Waals surface area contributed by atoms with Gasteiger partial charge in [0.1, 0.15) is 7.85 Å². The minimum absolute atomic E-state index is 0.819. The van der Waals surface area contributed by atoms with E-state index >= 15 is 0 Å². The molecule has 0 spiro atoms. The maximum Gasteiger partial charge on any atom is 0.113 e. The molecule has 0 amide bonds. The largest absolute Gasteiger partial charge is 0.113 e. The van der Waals surface area contributed by atoms with E-state index in [0.717, 1.165) is 10.8 Å². The Morgan fingerprint density at radius 2 is 1.78 bits per heavy atom. The lowest BCUT2D eigenvalue weighted by atomic mass is 9.96. The monoisotopic (exact) mass is 180 g/mol. The van der Waals surface area contributed by atoms with Gasteiger partial charge < -0.3 is 0 Å². The van der Waals surface area contributed by atoms with Crippen molar-refractivity contribution in [2.45, 2.75) is 5.33 Å². The van der Waals surface area contributed by atoms with Crippen LogP contribution in [0.15, 0.2) is 24.3 Å². The average Bonchev–Trinajstić information content (AvgIpc) is 1.90. The van der Waals surface area contributed by atoms with E-state index in [9.17, 15) is 0 Å². The number of halogens is 1. The summed E-state index contributed by atoms with van der Waals surface area (Å²) in [5.74, 6) is 0. The standard InChI is InChI=1S/C7H6BBr/c8-7-3-1-6(5-9)2-4-7/h1-4H,5H2. The summed E-state index contributed by atoms with van der Waals surface area (Å²) in [5.41, 5.74) is 2.07. The first kappa shape index (κ1) is 6.88. The Balaban J connectivity index is 2.88. The molecule has 0 unspecified atom stereocenters. The third-order valence-corrected chi connectivity index (χ3v) is 1.78. The lowest BCUT2D eigenvalue weighted by Crippen LogP contribution is -1.99. The topological polar surface area (TPSA) is 0 Å². The van der Waals surface area contributed by atoms with Gasteiger partial charge >= 0.3 is 0 Å². The second-order valence-electron chi connectivity index (χ2n) is 1.88. The van der Waals surface area contributed by atoms with Crippen molar-refractivity contribution in [1.82, 2.24) is 0 Å². The predicted octanol–water partition coefficient (Wildman–Crippen LogP) is 1.38. The smallest absolute Gasteiger partial charge is 0.0967 e. The second-order valence-corrected chi connectivity index (χ2v) is 2.44. The Morgan fingerprint density at radius 1 is 1.22 bits per heavy atom. The van der Waals surface area contributed by atoms with Crippen LogP contribution < -0.4 is 5.46 Å². The molecule has 0 fully saturated rings. The number of rotatable bonds is 1.